The third-order valence-electron chi connectivity index (χ3n) is 9.92. The maximum absolute atomic E-state index is 14.4. The van der Waals surface area contributed by atoms with Crippen LogP contribution in [0.15, 0.2) is 22.7 Å². The van der Waals surface area contributed by atoms with Crippen LogP contribution in [0, 0.1) is 11.3 Å². The molecule has 12 nitrogen and oxygen atoms in total. The highest BCUT2D eigenvalue weighted by Gasteiger charge is 2.62. The molecule has 2 heterocycles. The van der Waals surface area contributed by atoms with Gasteiger partial charge in [-0.15, -0.1) is 0 Å². The molecule has 1 aromatic carbocycles. The molecule has 3 fully saturated rings. The van der Waals surface area contributed by atoms with Crippen molar-refractivity contribution in [2.75, 3.05) is 13.2 Å². The lowest BCUT2D eigenvalue weighted by Crippen LogP contribution is -2.60. The Morgan fingerprint density at radius 2 is 1.81 bits per heavy atom. The summed E-state index contributed by atoms with van der Waals surface area (Å²) in [7, 11) is -3.83. The molecule has 4 aliphatic rings. The second kappa shape index (κ2) is 14.5. The summed E-state index contributed by atoms with van der Waals surface area (Å²) >= 11 is 3.55. The van der Waals surface area contributed by atoms with Gasteiger partial charge in [0.2, 0.25) is 21.8 Å². The summed E-state index contributed by atoms with van der Waals surface area (Å²) in [6.07, 6.45) is 6.10. The Kier molecular flexibility index (Phi) is 11.0. The van der Waals surface area contributed by atoms with Gasteiger partial charge < -0.3 is 25.0 Å². The topological polar surface area (TPSA) is 160 Å². The molecular weight excluding hydrogens is 704 g/mol. The van der Waals surface area contributed by atoms with E-state index in [9.17, 15) is 27.6 Å². The molecule has 2 bridgehead atoms. The first-order valence-corrected chi connectivity index (χ1v) is 19.6. The third kappa shape index (κ3) is 8.46. The second-order valence-electron chi connectivity index (χ2n) is 14.8. The number of cyclic esters (lactones) is 1. The lowest BCUT2D eigenvalue weighted by Gasteiger charge is -2.35. The standard InChI is InChI=1S/C34H49BrN4O8S/c1-5-22-19-34(22,31(42)38-48(44,45)25-14-15-25)37-29(40)26-18-24-20-39(26)30(41)28(33(2,3)4)36-32(43)46-16-10-8-6-7-9-11-21-12-13-23(35)17-27(21)47-24/h12-13,17,22,24-26,28H,5-11,14-16,18-20H2,1-4H3,(H,36,43)(H,37,40)(H,38,42)/t22-,24+,26-,28+,34-/m0/s1. The minimum atomic E-state index is -3.83. The predicted octanol–water partition coefficient (Wildman–Crippen LogP) is 4.34. The van der Waals surface area contributed by atoms with Crippen LogP contribution in [-0.2, 0) is 35.6 Å². The summed E-state index contributed by atoms with van der Waals surface area (Å²) in [5.41, 5.74) is -1.10. The Labute approximate surface area is 292 Å². The smallest absolute Gasteiger partial charge is 0.407 e. The van der Waals surface area contributed by atoms with Crippen LogP contribution < -0.4 is 20.1 Å². The normalized spacial score (nSPS) is 28.9. The number of alkyl carbamates (subject to hydrolysis) is 1. The highest BCUT2D eigenvalue weighted by molar-refractivity contribution is 9.10. The number of hydrogen-bond donors (Lipinski definition) is 3. The Balaban J connectivity index is 1.44. The maximum atomic E-state index is 14.4. The Morgan fingerprint density at radius 3 is 2.48 bits per heavy atom. The summed E-state index contributed by atoms with van der Waals surface area (Å²) in [5.74, 6) is -1.36. The van der Waals surface area contributed by atoms with Crippen LogP contribution in [0.2, 0.25) is 0 Å². The van der Waals surface area contributed by atoms with Gasteiger partial charge in [-0.1, -0.05) is 75.4 Å². The zero-order valence-electron chi connectivity index (χ0n) is 28.3. The monoisotopic (exact) mass is 752 g/mol. The zero-order valence-corrected chi connectivity index (χ0v) is 30.7. The summed E-state index contributed by atoms with van der Waals surface area (Å²) in [6, 6.07) is 3.83. The average molecular weight is 754 g/mol. The molecule has 0 unspecified atom stereocenters. The van der Waals surface area contributed by atoms with E-state index in [-0.39, 0.29) is 25.5 Å². The molecule has 0 spiro atoms. The van der Waals surface area contributed by atoms with Gasteiger partial charge in [0.25, 0.3) is 5.91 Å². The molecule has 0 aromatic heterocycles. The molecule has 5 rings (SSSR count). The van der Waals surface area contributed by atoms with Gasteiger partial charge in [-0.05, 0) is 67.6 Å². The summed E-state index contributed by atoms with van der Waals surface area (Å²) < 4.78 is 40.3. The molecule has 48 heavy (non-hydrogen) atoms. The second-order valence-corrected chi connectivity index (χ2v) is 17.7. The number of fused-ring (bicyclic) bond motifs is 3. The van der Waals surface area contributed by atoms with Crippen molar-refractivity contribution in [3.05, 3.63) is 28.2 Å². The third-order valence-corrected chi connectivity index (χ3v) is 12.2. The van der Waals surface area contributed by atoms with Crippen molar-refractivity contribution >= 4 is 49.8 Å². The lowest BCUT2D eigenvalue weighted by atomic mass is 9.85. The van der Waals surface area contributed by atoms with E-state index in [0.717, 1.165) is 42.1 Å². The van der Waals surface area contributed by atoms with Crippen LogP contribution in [0.1, 0.15) is 97.5 Å². The number of amides is 4. The van der Waals surface area contributed by atoms with E-state index in [1.54, 1.807) is 0 Å². The number of carbonyl (C=O) groups is 4. The highest BCUT2D eigenvalue weighted by atomic mass is 79.9. The first-order chi connectivity index (χ1) is 22.6. The zero-order chi connectivity index (χ0) is 34.9. The average Bonchev–Trinajstić information content (AvgIpc) is 3.94. The van der Waals surface area contributed by atoms with Crippen molar-refractivity contribution in [2.24, 2.45) is 11.3 Å². The van der Waals surface area contributed by atoms with Crippen LogP contribution in [0.3, 0.4) is 0 Å². The van der Waals surface area contributed by atoms with Crippen molar-refractivity contribution in [2.45, 2.75) is 127 Å². The molecule has 5 atom stereocenters. The number of hydrogen-bond acceptors (Lipinski definition) is 8. The Morgan fingerprint density at radius 1 is 1.10 bits per heavy atom. The summed E-state index contributed by atoms with van der Waals surface area (Å²) in [5, 5.41) is 5.04. The Bertz CT molecular complexity index is 1510. The number of nitrogens with one attached hydrogen (secondary N) is 3. The maximum Gasteiger partial charge on any atom is 0.407 e. The van der Waals surface area contributed by atoms with Crippen LogP contribution in [-0.4, -0.2) is 79.3 Å². The Hall–Kier alpha value is -2.87. The fourth-order valence-electron chi connectivity index (χ4n) is 6.78. The number of rotatable bonds is 6. The molecule has 2 saturated carbocycles. The van der Waals surface area contributed by atoms with Crippen LogP contribution in [0.5, 0.6) is 5.75 Å². The van der Waals surface area contributed by atoms with Crippen molar-refractivity contribution in [1.29, 1.82) is 0 Å². The minimum Gasteiger partial charge on any atom is -0.488 e. The highest BCUT2D eigenvalue weighted by Crippen LogP contribution is 2.47. The quantitative estimate of drug-likeness (QED) is 0.387. The van der Waals surface area contributed by atoms with Gasteiger partial charge in [0.05, 0.1) is 18.4 Å². The van der Waals surface area contributed by atoms with Crippen molar-refractivity contribution in [3.63, 3.8) is 0 Å². The number of nitrogens with zero attached hydrogens (tertiary/aromatic N) is 1. The van der Waals surface area contributed by atoms with Gasteiger partial charge in [0.1, 0.15) is 29.5 Å². The first-order valence-electron chi connectivity index (χ1n) is 17.2. The molecule has 3 N–H and O–H groups in total. The van der Waals surface area contributed by atoms with Crippen LogP contribution in [0.4, 0.5) is 4.79 Å². The molecule has 4 amide bonds. The molecule has 1 saturated heterocycles. The number of sulfonamides is 1. The van der Waals surface area contributed by atoms with E-state index < -0.39 is 68.2 Å². The van der Waals surface area contributed by atoms with Gasteiger partial charge in [-0.2, -0.15) is 0 Å². The van der Waals surface area contributed by atoms with Gasteiger partial charge in [-0.25, -0.2) is 13.2 Å². The predicted molar refractivity (Wildman–Crippen MR) is 183 cm³/mol. The summed E-state index contributed by atoms with van der Waals surface area (Å²) in [6.45, 7) is 7.65. The SMILES string of the molecule is CC[C@H]1C[C@@]1(NC(=O)[C@@H]1C[C@@H]2CN1C(=O)[C@H](C(C)(C)C)NC(=O)OCCCCCCCc1ccc(Br)cc1O2)C(=O)NS(=O)(=O)C1CC1. The molecular formula is C34H49BrN4O8S. The molecule has 266 valence electrons. The molecule has 2 aliphatic heterocycles. The molecule has 1 aromatic rings. The number of halogens is 1. The number of carbonyl (C=O) groups excluding carboxylic acids is 4. The van der Waals surface area contributed by atoms with E-state index >= 15 is 0 Å². The van der Waals surface area contributed by atoms with Crippen LogP contribution in [0.25, 0.3) is 0 Å². The first kappa shape index (κ1) is 36.4. The van der Waals surface area contributed by atoms with Gasteiger partial charge in [0, 0.05) is 10.9 Å². The van der Waals surface area contributed by atoms with Crippen molar-refractivity contribution < 1.29 is 37.1 Å². The fraction of sp³-hybridized carbons (Fsp3) is 0.706. The van der Waals surface area contributed by atoms with Gasteiger partial charge >= 0.3 is 6.09 Å². The number of ether oxygens (including phenoxy) is 2. The van der Waals surface area contributed by atoms with E-state index in [1.807, 2.05) is 45.9 Å². The number of benzene rings is 1. The van der Waals surface area contributed by atoms with E-state index in [0.29, 0.717) is 37.9 Å². The minimum absolute atomic E-state index is 0.0681. The van der Waals surface area contributed by atoms with Crippen molar-refractivity contribution in [1.82, 2.24) is 20.3 Å². The number of aryl methyl sites for hydroxylation is 1. The van der Waals surface area contributed by atoms with E-state index in [2.05, 4.69) is 31.3 Å². The fourth-order valence-corrected chi connectivity index (χ4v) is 8.49. The summed E-state index contributed by atoms with van der Waals surface area (Å²) in [4.78, 5) is 56.3. The largest absolute Gasteiger partial charge is 0.488 e. The van der Waals surface area contributed by atoms with Gasteiger partial charge in [-0.3, -0.25) is 19.1 Å². The molecule has 2 aliphatic carbocycles. The van der Waals surface area contributed by atoms with E-state index in [4.69, 9.17) is 9.47 Å². The van der Waals surface area contributed by atoms with Crippen LogP contribution >= 0.6 is 15.9 Å². The molecule has 0 radical (unpaired) electrons. The van der Waals surface area contributed by atoms with E-state index in [1.165, 1.54) is 4.90 Å². The van der Waals surface area contributed by atoms with Crippen molar-refractivity contribution in [3.8, 4) is 5.75 Å². The van der Waals surface area contributed by atoms with Gasteiger partial charge in [0.15, 0.2) is 0 Å². The molecule has 14 heteroatoms. The lowest BCUT2D eigenvalue weighted by molar-refractivity contribution is -0.142.